The SMILES string of the molecule is Cc1c(C(=O)CCl)ccc(Cl)c1[N+](=O)[O-]. The molecule has 0 unspecified atom stereocenters. The van der Waals surface area contributed by atoms with Gasteiger partial charge in [0.15, 0.2) is 5.78 Å². The molecule has 0 amide bonds. The third-order valence-corrected chi connectivity index (χ3v) is 2.53. The number of hydrogen-bond donors (Lipinski definition) is 0. The molecule has 0 aliphatic carbocycles. The summed E-state index contributed by atoms with van der Waals surface area (Å²) in [5, 5.41) is 10.7. The zero-order chi connectivity index (χ0) is 11.6. The van der Waals surface area contributed by atoms with Crippen molar-refractivity contribution in [3.63, 3.8) is 0 Å². The van der Waals surface area contributed by atoms with E-state index in [2.05, 4.69) is 0 Å². The molecule has 1 rings (SSSR count). The molecule has 80 valence electrons. The molecule has 0 bridgehead atoms. The molecule has 0 radical (unpaired) electrons. The van der Waals surface area contributed by atoms with Gasteiger partial charge in [0.05, 0.1) is 10.8 Å². The number of alkyl halides is 1. The maximum atomic E-state index is 11.3. The predicted octanol–water partition coefficient (Wildman–Crippen LogP) is 2.98. The standard InChI is InChI=1S/C9H7Cl2NO3/c1-5-6(8(13)4-10)2-3-7(11)9(5)12(14)15/h2-3H,4H2,1H3. The van der Waals surface area contributed by atoms with Crippen LogP contribution in [0.15, 0.2) is 12.1 Å². The van der Waals surface area contributed by atoms with Gasteiger partial charge in [-0.1, -0.05) is 11.6 Å². The first-order valence-electron chi connectivity index (χ1n) is 4.01. The topological polar surface area (TPSA) is 60.2 Å². The molecule has 15 heavy (non-hydrogen) atoms. The lowest BCUT2D eigenvalue weighted by molar-refractivity contribution is -0.385. The second kappa shape index (κ2) is 4.59. The van der Waals surface area contributed by atoms with E-state index in [1.165, 1.54) is 19.1 Å². The highest BCUT2D eigenvalue weighted by Gasteiger charge is 2.21. The molecule has 0 heterocycles. The Labute approximate surface area is 95.9 Å². The monoisotopic (exact) mass is 247 g/mol. The van der Waals surface area contributed by atoms with Crippen LogP contribution in [0.1, 0.15) is 15.9 Å². The largest absolute Gasteiger partial charge is 0.293 e. The van der Waals surface area contributed by atoms with E-state index in [1.807, 2.05) is 0 Å². The molecular formula is C9H7Cl2NO3. The van der Waals surface area contributed by atoms with E-state index < -0.39 is 4.92 Å². The van der Waals surface area contributed by atoms with Crippen LogP contribution in [0, 0.1) is 17.0 Å². The number of benzene rings is 1. The number of carbonyl (C=O) groups is 1. The van der Waals surface area contributed by atoms with Crippen molar-refractivity contribution in [2.45, 2.75) is 6.92 Å². The van der Waals surface area contributed by atoms with Crippen LogP contribution < -0.4 is 0 Å². The van der Waals surface area contributed by atoms with Gasteiger partial charge in [0, 0.05) is 11.1 Å². The summed E-state index contributed by atoms with van der Waals surface area (Å²) >= 11 is 11.0. The lowest BCUT2D eigenvalue weighted by Crippen LogP contribution is -2.05. The zero-order valence-corrected chi connectivity index (χ0v) is 9.30. The van der Waals surface area contributed by atoms with Crippen molar-refractivity contribution in [3.05, 3.63) is 38.4 Å². The van der Waals surface area contributed by atoms with Gasteiger partial charge in [0.25, 0.3) is 5.69 Å². The van der Waals surface area contributed by atoms with Crippen molar-refractivity contribution in [1.29, 1.82) is 0 Å². The van der Waals surface area contributed by atoms with Crippen LogP contribution in [-0.2, 0) is 0 Å². The summed E-state index contributed by atoms with van der Waals surface area (Å²) in [6, 6.07) is 2.77. The van der Waals surface area contributed by atoms with Crippen LogP contribution in [0.3, 0.4) is 0 Å². The lowest BCUT2D eigenvalue weighted by atomic mass is 10.0. The minimum absolute atomic E-state index is 0.0172. The molecule has 0 saturated carbocycles. The Bertz CT molecular complexity index is 432. The number of nitrogens with zero attached hydrogens (tertiary/aromatic N) is 1. The maximum Gasteiger partial charge on any atom is 0.291 e. The fourth-order valence-electron chi connectivity index (χ4n) is 1.27. The lowest BCUT2D eigenvalue weighted by Gasteiger charge is -2.04. The highest BCUT2D eigenvalue weighted by atomic mass is 35.5. The van der Waals surface area contributed by atoms with Crippen molar-refractivity contribution in [1.82, 2.24) is 0 Å². The van der Waals surface area contributed by atoms with Crippen molar-refractivity contribution in [2.24, 2.45) is 0 Å². The third kappa shape index (κ3) is 2.27. The first-order chi connectivity index (χ1) is 6.99. The molecule has 0 saturated heterocycles. The molecule has 6 heteroatoms. The van der Waals surface area contributed by atoms with E-state index in [4.69, 9.17) is 23.2 Å². The quantitative estimate of drug-likeness (QED) is 0.357. The summed E-state index contributed by atoms with van der Waals surface area (Å²) in [6.45, 7) is 1.48. The van der Waals surface area contributed by atoms with Gasteiger partial charge >= 0.3 is 0 Å². The molecule has 0 N–H and O–H groups in total. The van der Waals surface area contributed by atoms with Crippen molar-refractivity contribution >= 4 is 34.7 Å². The Morgan fingerprint density at radius 1 is 1.53 bits per heavy atom. The van der Waals surface area contributed by atoms with E-state index >= 15 is 0 Å². The molecule has 0 atom stereocenters. The normalized spacial score (nSPS) is 10.1. The van der Waals surface area contributed by atoms with Gasteiger partial charge in [0.2, 0.25) is 0 Å². The Kier molecular flexibility index (Phi) is 3.66. The summed E-state index contributed by atoms with van der Waals surface area (Å²) in [4.78, 5) is 21.4. The highest BCUT2D eigenvalue weighted by Crippen LogP contribution is 2.30. The third-order valence-electron chi connectivity index (χ3n) is 1.99. The van der Waals surface area contributed by atoms with E-state index in [9.17, 15) is 14.9 Å². The van der Waals surface area contributed by atoms with Crippen LogP contribution in [0.25, 0.3) is 0 Å². The minimum atomic E-state index is -0.608. The fourth-order valence-corrected chi connectivity index (χ4v) is 1.68. The minimum Gasteiger partial charge on any atom is -0.293 e. The molecule has 1 aromatic rings. The Morgan fingerprint density at radius 2 is 2.13 bits per heavy atom. The molecule has 0 aromatic heterocycles. The Hall–Kier alpha value is -1.13. The number of halogens is 2. The number of nitro benzene ring substituents is 1. The van der Waals surface area contributed by atoms with Gasteiger partial charge < -0.3 is 0 Å². The number of nitro groups is 1. The molecule has 1 aromatic carbocycles. The van der Waals surface area contributed by atoms with Gasteiger partial charge in [-0.15, -0.1) is 11.6 Å². The van der Waals surface area contributed by atoms with Crippen LogP contribution in [0.5, 0.6) is 0 Å². The predicted molar refractivity (Wildman–Crippen MR) is 57.9 cm³/mol. The second-order valence-corrected chi connectivity index (χ2v) is 3.56. The smallest absolute Gasteiger partial charge is 0.291 e. The van der Waals surface area contributed by atoms with Crippen LogP contribution in [-0.4, -0.2) is 16.6 Å². The van der Waals surface area contributed by atoms with Crippen molar-refractivity contribution < 1.29 is 9.72 Å². The average Bonchev–Trinajstić information content (AvgIpc) is 2.16. The first kappa shape index (κ1) is 11.9. The number of ketones is 1. The summed E-state index contributed by atoms with van der Waals surface area (Å²) in [7, 11) is 0. The number of carbonyl (C=O) groups excluding carboxylic acids is 1. The Morgan fingerprint density at radius 3 is 2.60 bits per heavy atom. The summed E-state index contributed by atoms with van der Waals surface area (Å²) in [5.74, 6) is -0.562. The van der Waals surface area contributed by atoms with Gasteiger partial charge in [-0.2, -0.15) is 0 Å². The van der Waals surface area contributed by atoms with Crippen LogP contribution in [0.4, 0.5) is 5.69 Å². The van der Waals surface area contributed by atoms with Crippen LogP contribution >= 0.6 is 23.2 Å². The number of Topliss-reactive ketones (excluding diaryl/α,β-unsaturated/α-hetero) is 1. The van der Waals surface area contributed by atoms with Gasteiger partial charge in [-0.3, -0.25) is 14.9 Å². The first-order valence-corrected chi connectivity index (χ1v) is 4.93. The van der Waals surface area contributed by atoms with E-state index in [0.717, 1.165) is 0 Å². The van der Waals surface area contributed by atoms with E-state index in [-0.39, 0.29) is 33.5 Å². The Balaban J connectivity index is 3.41. The fraction of sp³-hybridized carbons (Fsp3) is 0.222. The highest BCUT2D eigenvalue weighted by molar-refractivity contribution is 6.33. The van der Waals surface area contributed by atoms with Crippen LogP contribution in [0.2, 0.25) is 5.02 Å². The van der Waals surface area contributed by atoms with Gasteiger partial charge in [0.1, 0.15) is 5.02 Å². The van der Waals surface area contributed by atoms with Gasteiger partial charge in [-0.05, 0) is 19.1 Å². The molecular weight excluding hydrogens is 241 g/mol. The average molecular weight is 248 g/mol. The van der Waals surface area contributed by atoms with Crippen molar-refractivity contribution in [2.75, 3.05) is 5.88 Å². The van der Waals surface area contributed by atoms with Gasteiger partial charge in [-0.25, -0.2) is 0 Å². The molecule has 4 nitrogen and oxygen atoms in total. The molecule has 0 aliphatic heterocycles. The maximum absolute atomic E-state index is 11.3. The number of hydrogen-bond acceptors (Lipinski definition) is 3. The van der Waals surface area contributed by atoms with Crippen molar-refractivity contribution in [3.8, 4) is 0 Å². The summed E-state index contributed by atoms with van der Waals surface area (Å²) < 4.78 is 0. The zero-order valence-electron chi connectivity index (χ0n) is 7.79. The second-order valence-electron chi connectivity index (χ2n) is 2.88. The molecule has 0 aliphatic rings. The van der Waals surface area contributed by atoms with E-state index in [0.29, 0.717) is 0 Å². The summed E-state index contributed by atoms with van der Waals surface area (Å²) in [5.41, 5.74) is 0.242. The summed E-state index contributed by atoms with van der Waals surface area (Å²) in [6.07, 6.45) is 0. The van der Waals surface area contributed by atoms with E-state index in [1.54, 1.807) is 0 Å². The number of rotatable bonds is 3. The molecule has 0 spiro atoms. The molecule has 0 fully saturated rings.